The molecule has 0 saturated heterocycles. The molecule has 0 nitrogen and oxygen atoms in total. The highest BCUT2D eigenvalue weighted by molar-refractivity contribution is 6.72. The summed E-state index contributed by atoms with van der Waals surface area (Å²) in [5.41, 5.74) is 4.46. The molecule has 21 heavy (non-hydrogen) atoms. The van der Waals surface area contributed by atoms with Crippen molar-refractivity contribution in [2.24, 2.45) is 0 Å². The van der Waals surface area contributed by atoms with Gasteiger partial charge in [0.1, 0.15) is 0 Å². The molecule has 0 saturated carbocycles. The van der Waals surface area contributed by atoms with E-state index in [1.807, 2.05) is 0 Å². The molecule has 0 N–H and O–H groups in total. The Hall–Kier alpha value is -0.953. The summed E-state index contributed by atoms with van der Waals surface area (Å²) in [4.78, 5) is 0. The van der Waals surface area contributed by atoms with E-state index in [4.69, 9.17) is 0 Å². The van der Waals surface area contributed by atoms with Gasteiger partial charge in [-0.2, -0.15) is 0 Å². The van der Waals surface area contributed by atoms with E-state index in [2.05, 4.69) is 50.4 Å². The SMILES string of the molecule is CCCCCCCCC1=CC(=[Si](C)C)[C]=C1C1=CC=CC1. The van der Waals surface area contributed by atoms with Gasteiger partial charge in [0.25, 0.3) is 0 Å². The lowest BCUT2D eigenvalue weighted by atomic mass is 9.95. The summed E-state index contributed by atoms with van der Waals surface area (Å²) >= 11 is 0. The second kappa shape index (κ2) is 8.48. The Bertz CT molecular complexity index is 508. The number of hydrogen-bond acceptors (Lipinski definition) is 0. The molecule has 2 aliphatic rings. The lowest BCUT2D eigenvalue weighted by Gasteiger charge is -2.09. The van der Waals surface area contributed by atoms with Gasteiger partial charge in [0.15, 0.2) is 0 Å². The fraction of sp³-hybridized carbons (Fsp3) is 0.550. The molecule has 0 atom stereocenters. The van der Waals surface area contributed by atoms with Gasteiger partial charge in [-0.1, -0.05) is 76.4 Å². The highest BCUT2D eigenvalue weighted by Gasteiger charge is 2.18. The predicted molar refractivity (Wildman–Crippen MR) is 97.2 cm³/mol. The highest BCUT2D eigenvalue weighted by atomic mass is 28.2. The normalized spacial score (nSPS) is 17.1. The van der Waals surface area contributed by atoms with Crippen LogP contribution in [0.3, 0.4) is 0 Å². The van der Waals surface area contributed by atoms with Gasteiger partial charge in [-0.25, -0.2) is 0 Å². The molecule has 0 unspecified atom stereocenters. The lowest BCUT2D eigenvalue weighted by Crippen LogP contribution is -2.01. The smallest absolute Gasteiger partial charge is 0.0136 e. The van der Waals surface area contributed by atoms with Gasteiger partial charge < -0.3 is 0 Å². The van der Waals surface area contributed by atoms with Crippen LogP contribution < -0.4 is 0 Å². The molecule has 0 aromatic carbocycles. The van der Waals surface area contributed by atoms with Gasteiger partial charge >= 0.3 is 0 Å². The molecule has 2 aliphatic carbocycles. The van der Waals surface area contributed by atoms with Crippen molar-refractivity contribution in [2.75, 3.05) is 0 Å². The van der Waals surface area contributed by atoms with Crippen molar-refractivity contribution >= 4 is 13.6 Å². The van der Waals surface area contributed by atoms with E-state index < -0.39 is 0 Å². The zero-order valence-electron chi connectivity index (χ0n) is 14.0. The first-order valence-corrected chi connectivity index (χ1v) is 11.1. The largest absolute Gasteiger partial charge is 0.0801 e. The highest BCUT2D eigenvalue weighted by Crippen LogP contribution is 2.32. The van der Waals surface area contributed by atoms with Crippen LogP contribution in [-0.2, 0) is 0 Å². The monoisotopic (exact) mass is 297 g/mol. The first kappa shape index (κ1) is 16.4. The van der Waals surface area contributed by atoms with Crippen LogP contribution in [-0.4, -0.2) is 13.6 Å². The van der Waals surface area contributed by atoms with Crippen LogP contribution in [0.5, 0.6) is 0 Å². The third kappa shape index (κ3) is 4.77. The van der Waals surface area contributed by atoms with Gasteiger partial charge in [0.05, 0.1) is 0 Å². The van der Waals surface area contributed by atoms with Crippen molar-refractivity contribution in [2.45, 2.75) is 71.4 Å². The van der Waals surface area contributed by atoms with Crippen molar-refractivity contribution < 1.29 is 0 Å². The van der Waals surface area contributed by atoms with Crippen LogP contribution in [0.4, 0.5) is 0 Å². The number of hydrogen-bond donors (Lipinski definition) is 0. The second-order valence-corrected chi connectivity index (χ2v) is 8.96. The van der Waals surface area contributed by atoms with Crippen LogP contribution in [0.25, 0.3) is 0 Å². The van der Waals surface area contributed by atoms with E-state index >= 15 is 0 Å². The Morgan fingerprint density at radius 3 is 2.52 bits per heavy atom. The van der Waals surface area contributed by atoms with Gasteiger partial charge in [-0.05, 0) is 47.2 Å². The fourth-order valence-electron chi connectivity index (χ4n) is 2.98. The van der Waals surface area contributed by atoms with E-state index in [0.717, 1.165) is 6.42 Å². The molecule has 113 valence electrons. The van der Waals surface area contributed by atoms with Gasteiger partial charge in [-0.3, -0.25) is 0 Å². The molecule has 0 bridgehead atoms. The first-order chi connectivity index (χ1) is 10.2. The standard InChI is InChI=1S/C20H29Si/c1-4-5-6-7-8-9-14-18-15-19(21(2)3)16-20(18)17-12-10-11-13-17/h10-12,15H,4-9,13-14H2,1-3H3. The molecular weight excluding hydrogens is 268 g/mol. The Morgan fingerprint density at radius 1 is 1.10 bits per heavy atom. The van der Waals surface area contributed by atoms with E-state index in [-0.39, 0.29) is 8.41 Å². The average Bonchev–Trinajstić information content (AvgIpc) is 3.11. The molecule has 0 heterocycles. The molecule has 0 spiro atoms. The van der Waals surface area contributed by atoms with Crippen molar-refractivity contribution in [3.8, 4) is 0 Å². The maximum absolute atomic E-state index is 3.72. The van der Waals surface area contributed by atoms with Crippen LogP contribution in [0.15, 0.2) is 41.0 Å². The number of allylic oxidation sites excluding steroid dienone is 8. The Kier molecular flexibility index (Phi) is 6.63. The van der Waals surface area contributed by atoms with Crippen LogP contribution in [0.1, 0.15) is 58.3 Å². The third-order valence-corrected chi connectivity index (χ3v) is 5.68. The Labute approximate surface area is 132 Å². The Morgan fingerprint density at radius 2 is 1.86 bits per heavy atom. The summed E-state index contributed by atoms with van der Waals surface area (Å²) in [6, 6.07) is 0. The second-order valence-electron chi connectivity index (χ2n) is 6.43. The van der Waals surface area contributed by atoms with E-state index in [9.17, 15) is 0 Å². The minimum atomic E-state index is -0.387. The molecule has 1 radical (unpaired) electrons. The van der Waals surface area contributed by atoms with Crippen molar-refractivity contribution in [3.05, 3.63) is 47.1 Å². The average molecular weight is 298 g/mol. The van der Waals surface area contributed by atoms with Crippen molar-refractivity contribution in [1.82, 2.24) is 0 Å². The van der Waals surface area contributed by atoms with Gasteiger partial charge in [0, 0.05) is 8.41 Å². The van der Waals surface area contributed by atoms with Crippen molar-refractivity contribution in [1.29, 1.82) is 0 Å². The molecular formula is C20H29Si. The maximum Gasteiger partial charge on any atom is 0.0136 e. The summed E-state index contributed by atoms with van der Waals surface area (Å²) in [5, 5.41) is 1.49. The molecule has 0 aromatic rings. The quantitative estimate of drug-likeness (QED) is 0.392. The minimum absolute atomic E-state index is 0.387. The van der Waals surface area contributed by atoms with Crippen LogP contribution in [0.2, 0.25) is 13.1 Å². The van der Waals surface area contributed by atoms with E-state index in [0.29, 0.717) is 0 Å². The molecule has 0 aliphatic heterocycles. The molecule has 2 rings (SSSR count). The zero-order chi connectivity index (χ0) is 15.1. The van der Waals surface area contributed by atoms with Crippen LogP contribution in [0, 0.1) is 6.08 Å². The summed E-state index contributed by atoms with van der Waals surface area (Å²) in [5.74, 6) is 0. The third-order valence-electron chi connectivity index (χ3n) is 4.33. The van der Waals surface area contributed by atoms with Gasteiger partial charge in [0.2, 0.25) is 0 Å². The lowest BCUT2D eigenvalue weighted by molar-refractivity contribution is 0.607. The number of rotatable bonds is 8. The summed E-state index contributed by atoms with van der Waals surface area (Å²) in [6.07, 6.45) is 23.5. The summed E-state index contributed by atoms with van der Waals surface area (Å²) in [7, 11) is -0.387. The molecule has 0 aromatic heterocycles. The van der Waals surface area contributed by atoms with Gasteiger partial charge in [-0.15, -0.1) is 0 Å². The summed E-state index contributed by atoms with van der Waals surface area (Å²) in [6.45, 7) is 7.03. The predicted octanol–water partition coefficient (Wildman–Crippen LogP) is 5.80. The summed E-state index contributed by atoms with van der Waals surface area (Å²) < 4.78 is 0. The number of unbranched alkanes of at least 4 members (excludes halogenated alkanes) is 5. The molecule has 0 fully saturated rings. The fourth-order valence-corrected chi connectivity index (χ4v) is 3.82. The topological polar surface area (TPSA) is 0 Å². The molecule has 1 heteroatoms. The van der Waals surface area contributed by atoms with Crippen molar-refractivity contribution in [3.63, 3.8) is 0 Å². The van der Waals surface area contributed by atoms with E-state index in [1.165, 1.54) is 61.3 Å². The minimum Gasteiger partial charge on any atom is -0.0801 e. The zero-order valence-corrected chi connectivity index (χ0v) is 15.0. The maximum atomic E-state index is 3.72. The van der Waals surface area contributed by atoms with E-state index in [1.54, 1.807) is 5.57 Å². The first-order valence-electron chi connectivity index (χ1n) is 8.61. The molecule has 0 amide bonds. The van der Waals surface area contributed by atoms with Crippen LogP contribution >= 0.6 is 0 Å². The Balaban J connectivity index is 1.92.